The molecule has 15 aromatic rings. The van der Waals surface area contributed by atoms with Crippen molar-refractivity contribution >= 4 is 87.6 Å². The highest BCUT2D eigenvalue weighted by molar-refractivity contribution is 6.12. The van der Waals surface area contributed by atoms with Gasteiger partial charge in [-0.05, 0) is 139 Å². The predicted octanol–water partition coefficient (Wildman–Crippen LogP) is 27.8. The highest BCUT2D eigenvalue weighted by atomic mass is 16.3. The van der Waals surface area contributed by atoms with Gasteiger partial charge in [0.2, 0.25) is 0 Å². The van der Waals surface area contributed by atoms with Gasteiger partial charge in [0, 0.05) is 54.3 Å². The van der Waals surface area contributed by atoms with Crippen molar-refractivity contribution in [3.63, 3.8) is 0 Å². The molecule has 16 rings (SSSR count). The van der Waals surface area contributed by atoms with E-state index < -0.39 is 0 Å². The zero-order valence-electron chi connectivity index (χ0n) is 56.0. The van der Waals surface area contributed by atoms with Crippen molar-refractivity contribution in [2.75, 3.05) is 0 Å². The van der Waals surface area contributed by atoms with Gasteiger partial charge in [0.25, 0.3) is 0 Å². The van der Waals surface area contributed by atoms with Gasteiger partial charge in [0.15, 0.2) is 0 Å². The highest BCUT2D eigenvalue weighted by Gasteiger charge is 2.25. The third-order valence-corrected chi connectivity index (χ3v) is 17.8. The van der Waals surface area contributed by atoms with Gasteiger partial charge in [0.1, 0.15) is 33.5 Å². The number of hydrogen-bond donors (Lipinski definition) is 0. The van der Waals surface area contributed by atoms with Gasteiger partial charge in [-0.2, -0.15) is 0 Å². The fourth-order valence-corrected chi connectivity index (χ4v) is 13.0. The fraction of sp³-hybridized carbons (Fsp3) is 0.275. The van der Waals surface area contributed by atoms with Crippen LogP contribution in [0.5, 0.6) is 0 Å². The molecule has 4 nitrogen and oxygen atoms in total. The Morgan fingerprint density at radius 3 is 1.33 bits per heavy atom. The topological polar surface area (TPSA) is 44.4 Å². The standard InChI is InChI=1S/C22H21N.C17H18.3C16H16O.4CH4/c1-22(2,3)18-13-9-15-20-21(18)17-12-7-8-14-19(17)23(20)16-10-5-4-6-11-16;1-17(2,3)14-8-9-16-13(11-14)10-12-6-4-5-7-15(12)16;1-16(2,3)13-9-6-8-12-11-7-4-5-10-14(11)17-15(12)13;1-16(2,3)12-8-6-10-14-15(12)11-7-4-5-9-13(11)17-14;1-16(2,3)11-8-9-15-13(10-11)12-6-4-5-7-14(12)17-15;;;;/h4-15H,1-3H3;4-9,11H,10H2,1-3H3;3*4-10H,1-3H3;4*1H4. The van der Waals surface area contributed by atoms with E-state index in [1.807, 2.05) is 42.5 Å². The van der Waals surface area contributed by atoms with Crippen LogP contribution in [-0.2, 0) is 33.5 Å². The maximum atomic E-state index is 6.01. The van der Waals surface area contributed by atoms with Crippen LogP contribution in [0.2, 0.25) is 0 Å². The molecule has 1 aliphatic carbocycles. The van der Waals surface area contributed by atoms with Gasteiger partial charge in [-0.25, -0.2) is 0 Å². The van der Waals surface area contributed by atoms with Crippen LogP contribution in [0.3, 0.4) is 0 Å². The molecule has 0 aliphatic heterocycles. The molecule has 0 saturated carbocycles. The van der Waals surface area contributed by atoms with E-state index in [9.17, 15) is 0 Å². The zero-order valence-corrected chi connectivity index (χ0v) is 56.0. The smallest absolute Gasteiger partial charge is 0.139 e. The summed E-state index contributed by atoms with van der Waals surface area (Å²) in [5.74, 6) is 0. The molecule has 0 N–H and O–H groups in total. The van der Waals surface area contributed by atoms with Crippen LogP contribution in [0.15, 0.2) is 256 Å². The molecule has 4 aromatic heterocycles. The SMILES string of the molecule is C.C.C.C.CC(C)(C)c1ccc2c(c1)Cc1ccccc1-2.CC(C)(C)c1ccc2oc3ccccc3c2c1.CC(C)(C)c1cccc2c1c1ccccc1n2-c1ccccc1.CC(C)(C)c1cccc2c1oc1ccccc12.CC(C)(C)c1cccc2oc3ccccc3c12. The first-order valence-electron chi connectivity index (χ1n) is 32.4. The van der Waals surface area contributed by atoms with Crippen LogP contribution in [-0.4, -0.2) is 4.57 Å². The lowest BCUT2D eigenvalue weighted by Crippen LogP contribution is -2.11. The first-order valence-corrected chi connectivity index (χ1v) is 32.4. The summed E-state index contributed by atoms with van der Waals surface area (Å²) < 4.78 is 20.1. The van der Waals surface area contributed by atoms with E-state index in [4.69, 9.17) is 13.3 Å². The molecule has 0 spiro atoms. The maximum Gasteiger partial charge on any atom is 0.139 e. The van der Waals surface area contributed by atoms with Crippen LogP contribution < -0.4 is 0 Å². The number of nitrogens with zero attached hydrogens (tertiary/aromatic N) is 1. The average molecular weight is 1260 g/mol. The molecule has 4 heteroatoms. The van der Waals surface area contributed by atoms with Crippen molar-refractivity contribution in [2.24, 2.45) is 0 Å². The number of para-hydroxylation sites is 6. The van der Waals surface area contributed by atoms with E-state index in [1.54, 1.807) is 0 Å². The quantitative estimate of drug-likeness (QED) is 0.165. The second-order valence-corrected chi connectivity index (χ2v) is 29.7. The van der Waals surface area contributed by atoms with E-state index in [2.05, 4.69) is 309 Å². The van der Waals surface area contributed by atoms with Crippen molar-refractivity contribution in [3.8, 4) is 16.8 Å². The van der Waals surface area contributed by atoms with Crippen molar-refractivity contribution in [2.45, 2.75) is 167 Å². The summed E-state index contributed by atoms with van der Waals surface area (Å²) in [4.78, 5) is 0. The van der Waals surface area contributed by atoms with E-state index in [-0.39, 0.29) is 56.8 Å². The number of benzene rings is 11. The minimum atomic E-state index is 0. The Morgan fingerprint density at radius 2 is 0.695 bits per heavy atom. The number of aromatic nitrogens is 1. The summed E-state index contributed by atoms with van der Waals surface area (Å²) in [5, 5.41) is 10.0. The zero-order chi connectivity index (χ0) is 64.2. The molecular formula is C91H103NO3. The second kappa shape index (κ2) is 27.9. The Bertz CT molecular complexity index is 5080. The molecule has 11 aromatic carbocycles. The number of furan rings is 3. The molecule has 0 fully saturated rings. The average Bonchev–Trinajstić information content (AvgIpc) is 1.58. The Kier molecular flexibility index (Phi) is 21.0. The lowest BCUT2D eigenvalue weighted by molar-refractivity contribution is 0.573. The predicted molar refractivity (Wildman–Crippen MR) is 417 cm³/mol. The lowest BCUT2D eigenvalue weighted by Gasteiger charge is -2.20. The van der Waals surface area contributed by atoms with Gasteiger partial charge in [-0.3, -0.25) is 0 Å². The largest absolute Gasteiger partial charge is 0.456 e. The summed E-state index contributed by atoms with van der Waals surface area (Å²) in [5.41, 5.74) is 23.0. The molecule has 4 heterocycles. The summed E-state index contributed by atoms with van der Waals surface area (Å²) in [7, 11) is 0. The first kappa shape index (κ1) is 71.5. The van der Waals surface area contributed by atoms with Crippen molar-refractivity contribution in [1.82, 2.24) is 4.57 Å². The Hall–Kier alpha value is -9.38. The summed E-state index contributed by atoms with van der Waals surface area (Å²) in [6.07, 6.45) is 1.09. The molecule has 0 atom stereocenters. The fourth-order valence-electron chi connectivity index (χ4n) is 13.0. The Labute approximate surface area is 567 Å². The summed E-state index contributed by atoms with van der Waals surface area (Å²) >= 11 is 0. The Morgan fingerprint density at radius 1 is 0.274 bits per heavy atom. The minimum Gasteiger partial charge on any atom is -0.456 e. The monoisotopic (exact) mass is 1260 g/mol. The molecule has 0 unspecified atom stereocenters. The van der Waals surface area contributed by atoms with Crippen LogP contribution in [0.4, 0.5) is 0 Å². The molecule has 0 bridgehead atoms. The van der Waals surface area contributed by atoms with Gasteiger partial charge in [-0.15, -0.1) is 0 Å². The number of rotatable bonds is 1. The highest BCUT2D eigenvalue weighted by Crippen LogP contribution is 2.42. The molecule has 0 amide bonds. The van der Waals surface area contributed by atoms with Gasteiger partial charge in [0.05, 0.1) is 11.0 Å². The van der Waals surface area contributed by atoms with Gasteiger partial charge >= 0.3 is 0 Å². The normalized spacial score (nSPS) is 12.0. The van der Waals surface area contributed by atoms with Crippen LogP contribution >= 0.6 is 0 Å². The lowest BCUT2D eigenvalue weighted by atomic mass is 9.84. The van der Waals surface area contributed by atoms with E-state index in [0.29, 0.717) is 0 Å². The van der Waals surface area contributed by atoms with Crippen LogP contribution in [0.1, 0.15) is 173 Å². The van der Waals surface area contributed by atoms with Crippen LogP contribution in [0.25, 0.3) is 104 Å². The third-order valence-electron chi connectivity index (χ3n) is 17.8. The van der Waals surface area contributed by atoms with Crippen molar-refractivity contribution in [3.05, 3.63) is 282 Å². The first-order chi connectivity index (χ1) is 43.3. The third kappa shape index (κ3) is 14.5. The van der Waals surface area contributed by atoms with E-state index in [0.717, 1.165) is 39.9 Å². The van der Waals surface area contributed by atoms with E-state index >= 15 is 0 Å². The molecule has 1 aliphatic rings. The maximum absolute atomic E-state index is 6.01. The van der Waals surface area contributed by atoms with Gasteiger partial charge < -0.3 is 17.8 Å². The van der Waals surface area contributed by atoms with Crippen LogP contribution in [0, 0.1) is 0 Å². The molecular weight excluding hydrogens is 1160 g/mol. The molecule has 0 saturated heterocycles. The van der Waals surface area contributed by atoms with Gasteiger partial charge in [-0.1, -0.05) is 316 Å². The van der Waals surface area contributed by atoms with Crippen molar-refractivity contribution < 1.29 is 13.3 Å². The Balaban J connectivity index is 0.000000151. The molecule has 490 valence electrons. The minimum absolute atomic E-state index is 0. The summed E-state index contributed by atoms with van der Waals surface area (Å²) in [6, 6.07) is 85.6. The van der Waals surface area contributed by atoms with Crippen molar-refractivity contribution in [1.29, 1.82) is 0 Å². The van der Waals surface area contributed by atoms with E-state index in [1.165, 1.54) is 110 Å². The molecule has 95 heavy (non-hydrogen) atoms. The number of fused-ring (bicyclic) bond motifs is 15. The molecule has 0 radical (unpaired) electrons. The number of hydrogen-bond acceptors (Lipinski definition) is 3. The summed E-state index contributed by atoms with van der Waals surface area (Å²) in [6.45, 7) is 33.8. The second-order valence-electron chi connectivity index (χ2n) is 29.7.